The summed E-state index contributed by atoms with van der Waals surface area (Å²) in [6, 6.07) is 9.20. The van der Waals surface area contributed by atoms with Crippen LogP contribution in [-0.2, 0) is 4.79 Å². The van der Waals surface area contributed by atoms with Crippen molar-refractivity contribution >= 4 is 11.6 Å². The van der Waals surface area contributed by atoms with Crippen LogP contribution in [0.4, 0.5) is 5.69 Å². The first-order valence-electron chi connectivity index (χ1n) is 5.52. The highest BCUT2D eigenvalue weighted by Gasteiger charge is 2.02. The molecular formula is C14H13N3O. The van der Waals surface area contributed by atoms with Crippen molar-refractivity contribution in [2.75, 3.05) is 5.32 Å². The topological polar surface area (TPSA) is 54.9 Å². The van der Waals surface area contributed by atoms with Gasteiger partial charge in [-0.25, -0.2) is 9.97 Å². The van der Waals surface area contributed by atoms with Gasteiger partial charge in [0.25, 0.3) is 0 Å². The molecule has 0 saturated heterocycles. The molecule has 0 unspecified atom stereocenters. The number of nitrogens with zero attached hydrogens (tertiary/aromatic N) is 2. The standard InChI is InChI=1S/C14H13N3O/c1-3-13(18)17-12-6-4-11(5-7-12)14-15-9-8-10(2)16-14/h3-9H,1H2,2H3,(H,17,18). The summed E-state index contributed by atoms with van der Waals surface area (Å²) >= 11 is 0. The predicted molar refractivity (Wildman–Crippen MR) is 71.0 cm³/mol. The van der Waals surface area contributed by atoms with Crippen molar-refractivity contribution in [1.82, 2.24) is 9.97 Å². The number of carbonyl (C=O) groups excluding carboxylic acids is 1. The third-order valence-corrected chi connectivity index (χ3v) is 2.39. The Labute approximate surface area is 105 Å². The molecule has 1 amide bonds. The first kappa shape index (κ1) is 12.0. The lowest BCUT2D eigenvalue weighted by Gasteiger charge is -2.04. The van der Waals surface area contributed by atoms with Crippen LogP contribution in [0, 0.1) is 6.92 Å². The molecule has 90 valence electrons. The number of benzene rings is 1. The molecule has 0 bridgehead atoms. The fourth-order valence-electron chi connectivity index (χ4n) is 1.48. The van der Waals surface area contributed by atoms with E-state index in [1.54, 1.807) is 6.20 Å². The summed E-state index contributed by atoms with van der Waals surface area (Å²) in [7, 11) is 0. The van der Waals surface area contributed by atoms with Gasteiger partial charge in [0.1, 0.15) is 0 Å². The van der Waals surface area contributed by atoms with Gasteiger partial charge in [-0.1, -0.05) is 6.58 Å². The molecule has 0 radical (unpaired) electrons. The number of rotatable bonds is 3. The Morgan fingerprint density at radius 3 is 2.61 bits per heavy atom. The lowest BCUT2D eigenvalue weighted by molar-refractivity contribution is -0.111. The Bertz CT molecular complexity index is 576. The molecule has 0 spiro atoms. The molecule has 0 saturated carbocycles. The van der Waals surface area contributed by atoms with E-state index in [2.05, 4.69) is 21.9 Å². The summed E-state index contributed by atoms with van der Waals surface area (Å²) in [5.41, 5.74) is 2.55. The Morgan fingerprint density at radius 1 is 1.28 bits per heavy atom. The van der Waals surface area contributed by atoms with Gasteiger partial charge in [-0.15, -0.1) is 0 Å². The van der Waals surface area contributed by atoms with Crippen molar-refractivity contribution in [3.05, 3.63) is 54.9 Å². The summed E-state index contributed by atoms with van der Waals surface area (Å²) in [5.74, 6) is 0.450. The molecule has 0 fully saturated rings. The molecule has 1 N–H and O–H groups in total. The van der Waals surface area contributed by atoms with Gasteiger partial charge < -0.3 is 5.32 Å². The fraction of sp³-hybridized carbons (Fsp3) is 0.0714. The number of amides is 1. The third-order valence-electron chi connectivity index (χ3n) is 2.39. The molecule has 2 aromatic rings. The number of carbonyl (C=O) groups is 1. The molecule has 1 heterocycles. The number of aromatic nitrogens is 2. The zero-order chi connectivity index (χ0) is 13.0. The fourth-order valence-corrected chi connectivity index (χ4v) is 1.48. The molecule has 4 nitrogen and oxygen atoms in total. The van der Waals surface area contributed by atoms with E-state index in [-0.39, 0.29) is 5.91 Å². The van der Waals surface area contributed by atoms with Gasteiger partial charge in [0.05, 0.1) is 0 Å². The SMILES string of the molecule is C=CC(=O)Nc1ccc(-c2nccc(C)n2)cc1. The molecule has 0 atom stereocenters. The van der Waals surface area contributed by atoms with Gasteiger partial charge in [-0.2, -0.15) is 0 Å². The van der Waals surface area contributed by atoms with E-state index in [0.717, 1.165) is 16.9 Å². The lowest BCUT2D eigenvalue weighted by Crippen LogP contribution is -2.06. The smallest absolute Gasteiger partial charge is 0.247 e. The first-order chi connectivity index (χ1) is 8.69. The van der Waals surface area contributed by atoms with Crippen molar-refractivity contribution in [3.63, 3.8) is 0 Å². The lowest BCUT2D eigenvalue weighted by atomic mass is 10.2. The summed E-state index contributed by atoms with van der Waals surface area (Å²) < 4.78 is 0. The summed E-state index contributed by atoms with van der Waals surface area (Å²) in [4.78, 5) is 19.7. The minimum absolute atomic E-state index is 0.227. The van der Waals surface area contributed by atoms with E-state index in [0.29, 0.717) is 5.82 Å². The molecule has 18 heavy (non-hydrogen) atoms. The van der Waals surface area contributed by atoms with Gasteiger partial charge >= 0.3 is 0 Å². The Kier molecular flexibility index (Phi) is 3.48. The van der Waals surface area contributed by atoms with Gasteiger partial charge in [0.2, 0.25) is 5.91 Å². The van der Waals surface area contributed by atoms with Crippen LogP contribution in [0.3, 0.4) is 0 Å². The van der Waals surface area contributed by atoms with Crippen LogP contribution in [0.1, 0.15) is 5.69 Å². The molecule has 0 aliphatic heterocycles. The van der Waals surface area contributed by atoms with Crippen molar-refractivity contribution in [1.29, 1.82) is 0 Å². The maximum atomic E-state index is 11.1. The van der Waals surface area contributed by atoms with Crippen LogP contribution in [-0.4, -0.2) is 15.9 Å². The normalized spacial score (nSPS) is 9.83. The van der Waals surface area contributed by atoms with Crippen LogP contribution in [0.15, 0.2) is 49.2 Å². The average molecular weight is 239 g/mol. The second-order valence-corrected chi connectivity index (χ2v) is 3.79. The zero-order valence-electron chi connectivity index (χ0n) is 10.1. The molecule has 0 aliphatic rings. The van der Waals surface area contributed by atoms with Crippen molar-refractivity contribution in [3.8, 4) is 11.4 Å². The third kappa shape index (κ3) is 2.79. The summed E-state index contributed by atoms with van der Waals surface area (Å²) in [6.07, 6.45) is 2.96. The largest absolute Gasteiger partial charge is 0.323 e. The van der Waals surface area contributed by atoms with E-state index in [1.165, 1.54) is 6.08 Å². The highest BCUT2D eigenvalue weighted by Crippen LogP contribution is 2.17. The van der Waals surface area contributed by atoms with E-state index < -0.39 is 0 Å². The van der Waals surface area contributed by atoms with E-state index >= 15 is 0 Å². The number of anilines is 1. The van der Waals surface area contributed by atoms with Crippen molar-refractivity contribution < 1.29 is 4.79 Å². The van der Waals surface area contributed by atoms with E-state index in [4.69, 9.17) is 0 Å². The molecule has 2 rings (SSSR count). The second kappa shape index (κ2) is 5.23. The number of nitrogens with one attached hydrogen (secondary N) is 1. The summed E-state index contributed by atoms with van der Waals surface area (Å²) in [6.45, 7) is 5.32. The maximum absolute atomic E-state index is 11.1. The van der Waals surface area contributed by atoms with Crippen molar-refractivity contribution in [2.24, 2.45) is 0 Å². The zero-order valence-corrected chi connectivity index (χ0v) is 10.1. The maximum Gasteiger partial charge on any atom is 0.247 e. The highest BCUT2D eigenvalue weighted by molar-refractivity contribution is 5.98. The first-order valence-corrected chi connectivity index (χ1v) is 5.52. The van der Waals surface area contributed by atoms with Crippen LogP contribution in [0.2, 0.25) is 0 Å². The van der Waals surface area contributed by atoms with Gasteiger partial charge in [-0.3, -0.25) is 4.79 Å². The molecule has 0 aliphatic carbocycles. The quantitative estimate of drug-likeness (QED) is 0.837. The van der Waals surface area contributed by atoms with E-state index in [9.17, 15) is 4.79 Å². The number of aryl methyl sites for hydroxylation is 1. The number of hydrogen-bond acceptors (Lipinski definition) is 3. The molecule has 4 heteroatoms. The Morgan fingerprint density at radius 2 is 2.00 bits per heavy atom. The monoisotopic (exact) mass is 239 g/mol. The van der Waals surface area contributed by atoms with Gasteiger partial charge in [-0.05, 0) is 43.3 Å². The van der Waals surface area contributed by atoms with Crippen LogP contribution in [0.25, 0.3) is 11.4 Å². The predicted octanol–water partition coefficient (Wildman–Crippen LogP) is 2.58. The molecular weight excluding hydrogens is 226 g/mol. The molecule has 1 aromatic carbocycles. The second-order valence-electron chi connectivity index (χ2n) is 3.79. The minimum Gasteiger partial charge on any atom is -0.323 e. The van der Waals surface area contributed by atoms with Crippen LogP contribution < -0.4 is 5.32 Å². The number of hydrogen-bond donors (Lipinski definition) is 1. The summed E-state index contributed by atoms with van der Waals surface area (Å²) in [5, 5.41) is 2.68. The average Bonchev–Trinajstić information content (AvgIpc) is 2.39. The van der Waals surface area contributed by atoms with E-state index in [1.807, 2.05) is 37.3 Å². The van der Waals surface area contributed by atoms with Gasteiger partial charge in [0, 0.05) is 23.1 Å². The van der Waals surface area contributed by atoms with Crippen LogP contribution in [0.5, 0.6) is 0 Å². The van der Waals surface area contributed by atoms with Crippen molar-refractivity contribution in [2.45, 2.75) is 6.92 Å². The minimum atomic E-state index is -0.227. The molecule has 1 aromatic heterocycles. The van der Waals surface area contributed by atoms with Crippen LogP contribution >= 0.6 is 0 Å². The Hall–Kier alpha value is -2.49. The highest BCUT2D eigenvalue weighted by atomic mass is 16.1. The Balaban J connectivity index is 2.22. The van der Waals surface area contributed by atoms with Gasteiger partial charge in [0.15, 0.2) is 5.82 Å².